The molecule has 0 aliphatic heterocycles. The van der Waals surface area contributed by atoms with Crippen LogP contribution in [0.1, 0.15) is 11.4 Å². The van der Waals surface area contributed by atoms with Crippen LogP contribution in [0.25, 0.3) is 0 Å². The van der Waals surface area contributed by atoms with Gasteiger partial charge in [-0.1, -0.05) is 0 Å². The van der Waals surface area contributed by atoms with Crippen LogP contribution in [-0.4, -0.2) is 23.8 Å². The average Bonchev–Trinajstić information content (AvgIpc) is 2.85. The second-order valence-electron chi connectivity index (χ2n) is 3.63. The molecule has 0 saturated heterocycles. The van der Waals surface area contributed by atoms with Crippen molar-refractivity contribution < 1.29 is 9.47 Å². The molecule has 5 nitrogen and oxygen atoms in total. The zero-order valence-electron chi connectivity index (χ0n) is 10.3. The van der Waals surface area contributed by atoms with Crippen LogP contribution in [0.4, 0.5) is 0 Å². The maximum absolute atomic E-state index is 8.97. The topological polar surface area (TPSA) is 60.1 Å². The summed E-state index contributed by atoms with van der Waals surface area (Å²) in [5, 5.41) is 8.97. The third-order valence-corrected chi connectivity index (χ3v) is 2.63. The smallest absolute Gasteiger partial charge is 0.184 e. The predicted molar refractivity (Wildman–Crippen MR) is 65.6 cm³/mol. The standard InChI is InChI=1S/C13H13N3O2/c1-17-12-5-6-15-11(13(12)18-2)9-16-7-3-4-10(16)8-14/h3-7H,9H2,1-2H3. The molecule has 2 aromatic rings. The summed E-state index contributed by atoms with van der Waals surface area (Å²) in [7, 11) is 3.15. The van der Waals surface area contributed by atoms with E-state index in [-0.39, 0.29) is 0 Å². The normalized spacial score (nSPS) is 9.83. The highest BCUT2D eigenvalue weighted by Crippen LogP contribution is 2.29. The Morgan fingerprint density at radius 2 is 2.17 bits per heavy atom. The number of methoxy groups -OCH3 is 2. The SMILES string of the molecule is COc1ccnc(Cn2cccc2C#N)c1OC. The molecule has 0 aromatic carbocycles. The molecule has 0 saturated carbocycles. The largest absolute Gasteiger partial charge is 0.493 e. The fourth-order valence-electron chi connectivity index (χ4n) is 1.78. The van der Waals surface area contributed by atoms with E-state index >= 15 is 0 Å². The van der Waals surface area contributed by atoms with Gasteiger partial charge in [-0.05, 0) is 12.1 Å². The Labute approximate surface area is 105 Å². The van der Waals surface area contributed by atoms with Crippen molar-refractivity contribution in [3.05, 3.63) is 42.0 Å². The Kier molecular flexibility index (Phi) is 3.49. The number of aromatic nitrogens is 2. The summed E-state index contributed by atoms with van der Waals surface area (Å²) < 4.78 is 12.3. The van der Waals surface area contributed by atoms with Crippen LogP contribution < -0.4 is 9.47 Å². The van der Waals surface area contributed by atoms with Gasteiger partial charge in [0.2, 0.25) is 0 Å². The van der Waals surface area contributed by atoms with E-state index in [0.717, 1.165) is 5.69 Å². The molecule has 0 aliphatic carbocycles. The molecule has 18 heavy (non-hydrogen) atoms. The Morgan fingerprint density at radius 1 is 1.33 bits per heavy atom. The van der Waals surface area contributed by atoms with Crippen molar-refractivity contribution in [2.45, 2.75) is 6.54 Å². The van der Waals surface area contributed by atoms with E-state index in [1.807, 2.05) is 16.8 Å². The molecule has 2 aromatic heterocycles. The summed E-state index contributed by atoms with van der Waals surface area (Å²) in [6.07, 6.45) is 3.49. The van der Waals surface area contributed by atoms with Gasteiger partial charge in [-0.3, -0.25) is 4.98 Å². The lowest BCUT2D eigenvalue weighted by atomic mass is 10.3. The maximum atomic E-state index is 8.97. The van der Waals surface area contributed by atoms with Crippen LogP contribution in [0.2, 0.25) is 0 Å². The number of nitriles is 1. The highest BCUT2D eigenvalue weighted by Gasteiger charge is 2.12. The first-order chi connectivity index (χ1) is 8.80. The van der Waals surface area contributed by atoms with E-state index in [9.17, 15) is 0 Å². The summed E-state index contributed by atoms with van der Waals surface area (Å²) in [4.78, 5) is 4.27. The lowest BCUT2D eigenvalue weighted by Gasteiger charge is -2.12. The second kappa shape index (κ2) is 5.23. The average molecular weight is 243 g/mol. The van der Waals surface area contributed by atoms with E-state index in [1.54, 1.807) is 32.5 Å². The van der Waals surface area contributed by atoms with Gasteiger partial charge >= 0.3 is 0 Å². The van der Waals surface area contributed by atoms with Gasteiger partial charge < -0.3 is 14.0 Å². The fourth-order valence-corrected chi connectivity index (χ4v) is 1.78. The van der Waals surface area contributed by atoms with Crippen molar-refractivity contribution in [1.82, 2.24) is 9.55 Å². The number of hydrogen-bond acceptors (Lipinski definition) is 4. The molecular formula is C13H13N3O2. The van der Waals surface area contributed by atoms with Gasteiger partial charge in [0.1, 0.15) is 17.5 Å². The number of rotatable bonds is 4. The molecule has 0 spiro atoms. The van der Waals surface area contributed by atoms with Gasteiger partial charge in [-0.2, -0.15) is 5.26 Å². The zero-order valence-corrected chi connectivity index (χ0v) is 10.3. The lowest BCUT2D eigenvalue weighted by Crippen LogP contribution is -2.05. The predicted octanol–water partition coefficient (Wildman–Crippen LogP) is 1.82. The Bertz CT molecular complexity index is 584. The summed E-state index contributed by atoms with van der Waals surface area (Å²) >= 11 is 0. The highest BCUT2D eigenvalue weighted by molar-refractivity contribution is 5.43. The van der Waals surface area contributed by atoms with Crippen LogP contribution in [0.3, 0.4) is 0 Å². The minimum atomic E-state index is 0.469. The Hall–Kier alpha value is -2.48. The summed E-state index contributed by atoms with van der Waals surface area (Å²) in [6.45, 7) is 0.469. The number of hydrogen-bond donors (Lipinski definition) is 0. The minimum absolute atomic E-state index is 0.469. The molecule has 0 unspecified atom stereocenters. The number of nitrogens with zero attached hydrogens (tertiary/aromatic N) is 3. The second-order valence-corrected chi connectivity index (χ2v) is 3.63. The maximum Gasteiger partial charge on any atom is 0.184 e. The number of pyridine rings is 1. The summed E-state index contributed by atoms with van der Waals surface area (Å²) in [5.41, 5.74) is 1.31. The van der Waals surface area contributed by atoms with Gasteiger partial charge in [0.05, 0.1) is 20.8 Å². The van der Waals surface area contributed by atoms with Crippen molar-refractivity contribution >= 4 is 0 Å². The van der Waals surface area contributed by atoms with Crippen LogP contribution in [-0.2, 0) is 6.54 Å². The first-order valence-corrected chi connectivity index (χ1v) is 5.41. The highest BCUT2D eigenvalue weighted by atomic mass is 16.5. The molecule has 0 radical (unpaired) electrons. The molecule has 0 amide bonds. The van der Waals surface area contributed by atoms with Crippen LogP contribution in [0, 0.1) is 11.3 Å². The first-order valence-electron chi connectivity index (χ1n) is 5.41. The zero-order chi connectivity index (χ0) is 13.0. The molecular weight excluding hydrogens is 230 g/mol. The van der Waals surface area contributed by atoms with E-state index in [4.69, 9.17) is 14.7 Å². The van der Waals surface area contributed by atoms with Crippen LogP contribution >= 0.6 is 0 Å². The summed E-state index contributed by atoms with van der Waals surface area (Å²) in [6, 6.07) is 7.45. The van der Waals surface area contributed by atoms with Crippen molar-refractivity contribution in [3.63, 3.8) is 0 Å². The minimum Gasteiger partial charge on any atom is -0.493 e. The third kappa shape index (κ3) is 2.13. The van der Waals surface area contributed by atoms with Crippen molar-refractivity contribution in [1.29, 1.82) is 5.26 Å². The van der Waals surface area contributed by atoms with E-state index in [1.165, 1.54) is 0 Å². The fraction of sp³-hybridized carbons (Fsp3) is 0.231. The molecule has 0 atom stereocenters. The molecule has 0 bridgehead atoms. The van der Waals surface area contributed by atoms with Crippen LogP contribution in [0.15, 0.2) is 30.6 Å². The van der Waals surface area contributed by atoms with Crippen molar-refractivity contribution in [3.8, 4) is 17.6 Å². The summed E-state index contributed by atoms with van der Waals surface area (Å²) in [5.74, 6) is 1.23. The quantitative estimate of drug-likeness (QED) is 0.821. The Morgan fingerprint density at radius 3 is 2.83 bits per heavy atom. The van der Waals surface area contributed by atoms with E-state index < -0.39 is 0 Å². The third-order valence-electron chi connectivity index (χ3n) is 2.63. The van der Waals surface area contributed by atoms with Gasteiger partial charge in [0, 0.05) is 18.5 Å². The monoisotopic (exact) mass is 243 g/mol. The first kappa shape index (κ1) is 12.0. The molecule has 0 aliphatic rings. The number of ether oxygens (including phenoxy) is 2. The van der Waals surface area contributed by atoms with Gasteiger partial charge in [-0.15, -0.1) is 0 Å². The van der Waals surface area contributed by atoms with Crippen LogP contribution in [0.5, 0.6) is 11.5 Å². The molecule has 5 heteroatoms. The molecule has 92 valence electrons. The van der Waals surface area contributed by atoms with Crippen molar-refractivity contribution in [2.75, 3.05) is 14.2 Å². The molecule has 0 fully saturated rings. The molecule has 2 rings (SSSR count). The molecule has 0 N–H and O–H groups in total. The van der Waals surface area contributed by atoms with Gasteiger partial charge in [-0.25, -0.2) is 0 Å². The lowest BCUT2D eigenvalue weighted by molar-refractivity contribution is 0.348. The van der Waals surface area contributed by atoms with E-state index in [0.29, 0.717) is 23.7 Å². The molecule has 2 heterocycles. The van der Waals surface area contributed by atoms with Crippen molar-refractivity contribution in [2.24, 2.45) is 0 Å². The Balaban J connectivity index is 2.38. The van der Waals surface area contributed by atoms with Gasteiger partial charge in [0.15, 0.2) is 11.5 Å². The van der Waals surface area contributed by atoms with E-state index in [2.05, 4.69) is 11.1 Å². The van der Waals surface area contributed by atoms with Gasteiger partial charge in [0.25, 0.3) is 0 Å².